The fourth-order valence-corrected chi connectivity index (χ4v) is 3.57. The minimum Gasteiger partial charge on any atom is -0.374 e. The van der Waals surface area contributed by atoms with Gasteiger partial charge in [-0.15, -0.1) is 0 Å². The summed E-state index contributed by atoms with van der Waals surface area (Å²) >= 11 is 0. The predicted molar refractivity (Wildman–Crippen MR) is 93.0 cm³/mol. The highest BCUT2D eigenvalue weighted by Crippen LogP contribution is 2.26. The van der Waals surface area contributed by atoms with Crippen molar-refractivity contribution < 1.29 is 0 Å². The van der Waals surface area contributed by atoms with E-state index in [4.69, 9.17) is 0 Å². The SMILES string of the molecule is CCNC(CC)c1ccc(N(C)CC2CCCCC2)cc1. The Hall–Kier alpha value is -1.02. The van der Waals surface area contributed by atoms with Crippen LogP contribution in [0, 0.1) is 5.92 Å². The molecule has 0 aromatic heterocycles. The Morgan fingerprint density at radius 3 is 2.33 bits per heavy atom. The highest BCUT2D eigenvalue weighted by molar-refractivity contribution is 5.47. The minimum atomic E-state index is 0.493. The molecule has 0 radical (unpaired) electrons. The molecule has 0 saturated heterocycles. The lowest BCUT2D eigenvalue weighted by Gasteiger charge is -2.28. The summed E-state index contributed by atoms with van der Waals surface area (Å²) < 4.78 is 0. The van der Waals surface area contributed by atoms with Gasteiger partial charge in [0.2, 0.25) is 0 Å². The topological polar surface area (TPSA) is 15.3 Å². The van der Waals surface area contributed by atoms with Crippen LogP contribution in [0.5, 0.6) is 0 Å². The van der Waals surface area contributed by atoms with Crippen LogP contribution in [-0.4, -0.2) is 20.1 Å². The monoisotopic (exact) mass is 288 g/mol. The molecule has 0 spiro atoms. The van der Waals surface area contributed by atoms with Gasteiger partial charge in [0.25, 0.3) is 0 Å². The number of hydrogen-bond acceptors (Lipinski definition) is 2. The number of nitrogens with zero attached hydrogens (tertiary/aromatic N) is 1. The second-order valence-electron chi connectivity index (χ2n) is 6.49. The number of anilines is 1. The van der Waals surface area contributed by atoms with E-state index in [2.05, 4.69) is 55.4 Å². The second-order valence-corrected chi connectivity index (χ2v) is 6.49. The standard InChI is InChI=1S/C19H32N2/c1-4-19(20-5-2)17-11-13-18(14-12-17)21(3)15-16-9-7-6-8-10-16/h11-14,16,19-20H,4-10,15H2,1-3H3. The maximum Gasteiger partial charge on any atom is 0.0363 e. The Bertz CT molecular complexity index is 393. The average Bonchev–Trinajstić information content (AvgIpc) is 2.54. The maximum atomic E-state index is 3.55. The zero-order valence-corrected chi connectivity index (χ0v) is 14.1. The van der Waals surface area contributed by atoms with Gasteiger partial charge in [-0.1, -0.05) is 45.2 Å². The number of nitrogens with one attached hydrogen (secondary N) is 1. The van der Waals surface area contributed by atoms with Crippen LogP contribution in [0.4, 0.5) is 5.69 Å². The van der Waals surface area contributed by atoms with E-state index in [1.807, 2.05) is 0 Å². The first-order valence-electron chi connectivity index (χ1n) is 8.79. The van der Waals surface area contributed by atoms with Gasteiger partial charge in [0.05, 0.1) is 0 Å². The molecule has 2 heteroatoms. The van der Waals surface area contributed by atoms with Crippen LogP contribution in [0.3, 0.4) is 0 Å². The molecule has 0 amide bonds. The third-order valence-corrected chi connectivity index (χ3v) is 4.85. The van der Waals surface area contributed by atoms with Gasteiger partial charge in [0, 0.05) is 25.3 Å². The zero-order chi connectivity index (χ0) is 15.1. The van der Waals surface area contributed by atoms with Crippen LogP contribution in [0.15, 0.2) is 24.3 Å². The molecular weight excluding hydrogens is 256 g/mol. The molecule has 1 aliphatic carbocycles. The fraction of sp³-hybridized carbons (Fsp3) is 0.684. The van der Waals surface area contributed by atoms with Crippen molar-refractivity contribution in [1.82, 2.24) is 5.32 Å². The molecule has 1 fully saturated rings. The van der Waals surface area contributed by atoms with Gasteiger partial charge in [-0.05, 0) is 49.4 Å². The molecule has 0 aliphatic heterocycles. The van der Waals surface area contributed by atoms with Gasteiger partial charge in [-0.2, -0.15) is 0 Å². The number of hydrogen-bond donors (Lipinski definition) is 1. The van der Waals surface area contributed by atoms with Crippen molar-refractivity contribution in [2.24, 2.45) is 5.92 Å². The maximum absolute atomic E-state index is 3.55. The molecule has 2 rings (SSSR count). The second kappa shape index (κ2) is 8.43. The van der Waals surface area contributed by atoms with Gasteiger partial charge >= 0.3 is 0 Å². The third kappa shape index (κ3) is 4.74. The van der Waals surface area contributed by atoms with E-state index in [0.29, 0.717) is 6.04 Å². The van der Waals surface area contributed by atoms with Gasteiger partial charge in [0.15, 0.2) is 0 Å². The summed E-state index contributed by atoms with van der Waals surface area (Å²) in [5.74, 6) is 0.897. The van der Waals surface area contributed by atoms with Gasteiger partial charge in [0.1, 0.15) is 0 Å². The summed E-state index contributed by atoms with van der Waals surface area (Å²) in [7, 11) is 2.24. The lowest BCUT2D eigenvalue weighted by atomic mass is 9.89. The smallest absolute Gasteiger partial charge is 0.0363 e. The van der Waals surface area contributed by atoms with Crippen LogP contribution in [0.1, 0.15) is 64.0 Å². The van der Waals surface area contributed by atoms with Crippen molar-refractivity contribution in [2.75, 3.05) is 25.0 Å². The van der Waals surface area contributed by atoms with Crippen LogP contribution < -0.4 is 10.2 Å². The molecule has 1 atom stereocenters. The third-order valence-electron chi connectivity index (χ3n) is 4.85. The Morgan fingerprint density at radius 2 is 1.76 bits per heavy atom. The zero-order valence-electron chi connectivity index (χ0n) is 14.1. The van der Waals surface area contributed by atoms with E-state index >= 15 is 0 Å². The van der Waals surface area contributed by atoms with Crippen LogP contribution in [-0.2, 0) is 0 Å². The lowest BCUT2D eigenvalue weighted by Crippen LogP contribution is -2.26. The van der Waals surface area contributed by atoms with Crippen LogP contribution >= 0.6 is 0 Å². The van der Waals surface area contributed by atoms with Gasteiger partial charge in [-0.3, -0.25) is 0 Å². The Labute approximate surface area is 130 Å². The Balaban J connectivity index is 1.93. The summed E-state index contributed by atoms with van der Waals surface area (Å²) in [6.07, 6.45) is 8.28. The van der Waals surface area contributed by atoms with E-state index in [0.717, 1.165) is 18.9 Å². The number of benzene rings is 1. The summed E-state index contributed by atoms with van der Waals surface area (Å²) in [6, 6.07) is 9.66. The summed E-state index contributed by atoms with van der Waals surface area (Å²) in [5.41, 5.74) is 2.77. The van der Waals surface area contributed by atoms with Crippen molar-refractivity contribution in [2.45, 2.75) is 58.4 Å². The lowest BCUT2D eigenvalue weighted by molar-refractivity contribution is 0.362. The van der Waals surface area contributed by atoms with Crippen molar-refractivity contribution in [1.29, 1.82) is 0 Å². The Morgan fingerprint density at radius 1 is 1.10 bits per heavy atom. The summed E-state index contributed by atoms with van der Waals surface area (Å²) in [4.78, 5) is 2.44. The predicted octanol–water partition coefficient (Wildman–Crippen LogP) is 4.76. The van der Waals surface area contributed by atoms with E-state index in [9.17, 15) is 0 Å². The first-order valence-corrected chi connectivity index (χ1v) is 8.79. The van der Waals surface area contributed by atoms with Crippen LogP contribution in [0.2, 0.25) is 0 Å². The normalized spacial score (nSPS) is 17.7. The molecular formula is C19H32N2. The highest BCUT2D eigenvalue weighted by atomic mass is 15.1. The van der Waals surface area contributed by atoms with E-state index in [-0.39, 0.29) is 0 Å². The molecule has 1 N–H and O–H groups in total. The molecule has 1 aromatic carbocycles. The molecule has 118 valence electrons. The van der Waals surface area contributed by atoms with Gasteiger partial charge in [-0.25, -0.2) is 0 Å². The molecule has 1 saturated carbocycles. The van der Waals surface area contributed by atoms with Crippen molar-refractivity contribution >= 4 is 5.69 Å². The van der Waals surface area contributed by atoms with Crippen LogP contribution in [0.25, 0.3) is 0 Å². The largest absolute Gasteiger partial charge is 0.374 e. The molecule has 0 heterocycles. The molecule has 1 unspecified atom stereocenters. The van der Waals surface area contributed by atoms with E-state index in [1.165, 1.54) is 49.9 Å². The fourth-order valence-electron chi connectivity index (χ4n) is 3.57. The average molecular weight is 288 g/mol. The van der Waals surface area contributed by atoms with Crippen molar-refractivity contribution in [3.63, 3.8) is 0 Å². The first-order chi connectivity index (χ1) is 10.2. The number of rotatable bonds is 7. The van der Waals surface area contributed by atoms with Crippen molar-refractivity contribution in [3.8, 4) is 0 Å². The molecule has 2 nitrogen and oxygen atoms in total. The van der Waals surface area contributed by atoms with Crippen molar-refractivity contribution in [3.05, 3.63) is 29.8 Å². The molecule has 0 bridgehead atoms. The first kappa shape index (κ1) is 16.4. The quantitative estimate of drug-likeness (QED) is 0.778. The molecule has 1 aromatic rings. The van der Waals surface area contributed by atoms with E-state index < -0.39 is 0 Å². The summed E-state index contributed by atoms with van der Waals surface area (Å²) in [6.45, 7) is 6.66. The molecule has 21 heavy (non-hydrogen) atoms. The molecule has 1 aliphatic rings. The summed E-state index contributed by atoms with van der Waals surface area (Å²) in [5, 5.41) is 3.55. The Kier molecular flexibility index (Phi) is 6.56. The minimum absolute atomic E-state index is 0.493. The van der Waals surface area contributed by atoms with E-state index in [1.54, 1.807) is 0 Å². The highest BCUT2D eigenvalue weighted by Gasteiger charge is 2.16. The van der Waals surface area contributed by atoms with Gasteiger partial charge < -0.3 is 10.2 Å².